The summed E-state index contributed by atoms with van der Waals surface area (Å²) < 4.78 is 114. The van der Waals surface area contributed by atoms with Crippen molar-refractivity contribution in [2.45, 2.75) is 30.6 Å². The number of carbonyl (C=O) groups excluding carboxylic acids is 1. The molecular formula is C36H25ClF8N6O2. The highest BCUT2D eigenvalue weighted by atomic mass is 35.5. The summed E-state index contributed by atoms with van der Waals surface area (Å²) in [5.41, 5.74) is -2.55. The quantitative estimate of drug-likeness (QED) is 0.130. The average molecular weight is 761 g/mol. The number of amides is 1. The first-order valence-corrected chi connectivity index (χ1v) is 15.8. The number of anilines is 1. The fourth-order valence-electron chi connectivity index (χ4n) is 5.70. The van der Waals surface area contributed by atoms with Gasteiger partial charge in [0.15, 0.2) is 5.69 Å². The highest BCUT2D eigenvalue weighted by molar-refractivity contribution is 6.31. The van der Waals surface area contributed by atoms with E-state index in [4.69, 9.17) is 16.3 Å². The molecular weight excluding hydrogens is 736 g/mol. The van der Waals surface area contributed by atoms with Crippen molar-refractivity contribution in [3.8, 4) is 11.1 Å². The van der Waals surface area contributed by atoms with Gasteiger partial charge in [0.2, 0.25) is 0 Å². The molecule has 8 nitrogen and oxygen atoms in total. The third-order valence-electron chi connectivity index (χ3n) is 8.13. The van der Waals surface area contributed by atoms with E-state index in [1.165, 1.54) is 49.8 Å². The van der Waals surface area contributed by atoms with Crippen molar-refractivity contribution in [3.63, 3.8) is 0 Å². The van der Waals surface area contributed by atoms with E-state index < -0.39 is 46.5 Å². The number of epoxide rings is 1. The predicted molar refractivity (Wildman–Crippen MR) is 176 cm³/mol. The number of carbonyl (C=O) groups is 1. The molecule has 0 aliphatic carbocycles. The average Bonchev–Trinajstić information content (AvgIpc) is 3.37. The van der Waals surface area contributed by atoms with Gasteiger partial charge in [0.05, 0.1) is 17.7 Å². The van der Waals surface area contributed by atoms with Gasteiger partial charge in [0.25, 0.3) is 5.91 Å². The van der Waals surface area contributed by atoms with Crippen molar-refractivity contribution in [2.75, 3.05) is 5.32 Å². The molecule has 0 radical (unpaired) electrons. The van der Waals surface area contributed by atoms with Crippen LogP contribution in [0.3, 0.4) is 0 Å². The Bertz CT molecular complexity index is 2240. The van der Waals surface area contributed by atoms with Gasteiger partial charge in [0, 0.05) is 35.1 Å². The second kappa shape index (κ2) is 14.4. The predicted octanol–water partition coefficient (Wildman–Crippen LogP) is 9.25. The van der Waals surface area contributed by atoms with Crippen LogP contribution in [0.5, 0.6) is 0 Å². The van der Waals surface area contributed by atoms with Crippen LogP contribution in [0, 0.1) is 11.6 Å². The number of aryl methyl sites for hydroxylation is 1. The van der Waals surface area contributed by atoms with Crippen LogP contribution in [-0.2, 0) is 36.3 Å². The molecule has 2 aromatic heterocycles. The SMILES string of the molecule is Cn1cc(C(=O)Nc2ccccc2-c2cc(F)cc(C(F)(F)F)c2)c(C(F)(F)F)n1.Fc1ccc(C2(Cn3cncn3)OC2c2ccccc2Cl)cc1. The van der Waals surface area contributed by atoms with Crippen molar-refractivity contribution >= 4 is 23.2 Å². The van der Waals surface area contributed by atoms with Gasteiger partial charge in [-0.1, -0.05) is 60.1 Å². The summed E-state index contributed by atoms with van der Waals surface area (Å²) in [6.07, 6.45) is -5.93. The number of alkyl halides is 6. The second-order valence-corrected chi connectivity index (χ2v) is 12.2. The van der Waals surface area contributed by atoms with Gasteiger partial charge in [-0.05, 0) is 53.6 Å². The van der Waals surface area contributed by atoms with Gasteiger partial charge in [-0.15, -0.1) is 0 Å². The Hall–Kier alpha value is -5.61. The van der Waals surface area contributed by atoms with Crippen LogP contribution in [0.1, 0.15) is 38.8 Å². The fourth-order valence-corrected chi connectivity index (χ4v) is 5.94. The van der Waals surface area contributed by atoms with Crippen LogP contribution in [0.15, 0.2) is 110 Å². The summed E-state index contributed by atoms with van der Waals surface area (Å²) in [5, 5.41) is 10.3. The fraction of sp³-hybridized carbons (Fsp3) is 0.167. The van der Waals surface area contributed by atoms with Gasteiger partial charge in [-0.3, -0.25) is 9.48 Å². The standard InChI is InChI=1S/C19H12F7N3O.C17H13ClFN3O/c1-29-9-14(16(28-29)19(24,25)26)17(30)27-15-5-3-2-4-13(15)10-6-11(18(21,22)23)8-12(20)7-10;18-15-4-2-1-3-14(15)16-17(23-16,9-22-11-20-10-21-22)12-5-7-13(19)8-6-12/h2-9H,1H3,(H,27,30);1-8,10-11,16H,9H2. The molecule has 7 rings (SSSR count). The molecule has 1 saturated heterocycles. The van der Waals surface area contributed by atoms with E-state index in [9.17, 15) is 39.9 Å². The van der Waals surface area contributed by atoms with E-state index in [-0.39, 0.29) is 28.7 Å². The van der Waals surface area contributed by atoms with Crippen LogP contribution in [-0.4, -0.2) is 30.5 Å². The number of nitrogens with one attached hydrogen (secondary N) is 1. The highest BCUT2D eigenvalue weighted by Gasteiger charge is 2.59. The molecule has 17 heteroatoms. The number of benzene rings is 4. The molecule has 4 aromatic carbocycles. The van der Waals surface area contributed by atoms with Crippen LogP contribution >= 0.6 is 11.6 Å². The number of nitrogens with zero attached hydrogens (tertiary/aromatic N) is 5. The van der Waals surface area contributed by atoms with Gasteiger partial charge < -0.3 is 10.1 Å². The van der Waals surface area contributed by atoms with Crippen molar-refractivity contribution < 1.29 is 44.7 Å². The number of para-hydroxylation sites is 1. The molecule has 1 aliphatic heterocycles. The van der Waals surface area contributed by atoms with Crippen LogP contribution < -0.4 is 5.32 Å². The normalized spacial score (nSPS) is 16.8. The van der Waals surface area contributed by atoms with Crippen molar-refractivity contribution in [2.24, 2.45) is 7.05 Å². The maximum Gasteiger partial charge on any atom is 0.435 e. The number of halogens is 9. The molecule has 6 aromatic rings. The Kier molecular flexibility index (Phi) is 10.1. The third kappa shape index (κ3) is 8.23. The van der Waals surface area contributed by atoms with E-state index in [1.807, 2.05) is 24.3 Å². The first-order chi connectivity index (χ1) is 25.0. The van der Waals surface area contributed by atoms with Crippen molar-refractivity contribution in [1.29, 1.82) is 0 Å². The van der Waals surface area contributed by atoms with Crippen LogP contribution in [0.2, 0.25) is 5.02 Å². The zero-order valence-electron chi connectivity index (χ0n) is 27.1. The maximum atomic E-state index is 13.8. The van der Waals surface area contributed by atoms with E-state index >= 15 is 0 Å². The summed E-state index contributed by atoms with van der Waals surface area (Å²) in [7, 11) is 1.20. The molecule has 0 bridgehead atoms. The largest absolute Gasteiger partial charge is 0.435 e. The Balaban J connectivity index is 0.000000187. The molecule has 2 unspecified atom stereocenters. The lowest BCUT2D eigenvalue weighted by molar-refractivity contribution is -0.141. The van der Waals surface area contributed by atoms with E-state index in [0.717, 1.165) is 28.1 Å². The Morgan fingerprint density at radius 1 is 0.906 bits per heavy atom. The molecule has 2 atom stereocenters. The van der Waals surface area contributed by atoms with Gasteiger partial charge >= 0.3 is 12.4 Å². The Morgan fingerprint density at radius 3 is 2.26 bits per heavy atom. The molecule has 1 aliphatic rings. The van der Waals surface area contributed by atoms with Crippen LogP contribution in [0.4, 0.5) is 40.8 Å². The minimum absolute atomic E-state index is 0.00620. The molecule has 53 heavy (non-hydrogen) atoms. The first-order valence-electron chi connectivity index (χ1n) is 15.5. The molecule has 0 saturated carbocycles. The monoisotopic (exact) mass is 760 g/mol. The van der Waals surface area contributed by atoms with E-state index in [0.29, 0.717) is 23.7 Å². The lowest BCUT2D eigenvalue weighted by Gasteiger charge is -2.14. The lowest BCUT2D eigenvalue weighted by atomic mass is 9.91. The molecule has 1 fully saturated rings. The number of aromatic nitrogens is 5. The van der Waals surface area contributed by atoms with Gasteiger partial charge in [-0.2, -0.15) is 36.5 Å². The minimum atomic E-state index is -4.89. The summed E-state index contributed by atoms with van der Waals surface area (Å²) >= 11 is 6.31. The van der Waals surface area contributed by atoms with E-state index in [2.05, 4.69) is 20.5 Å². The zero-order chi connectivity index (χ0) is 38.1. The molecule has 0 spiro atoms. The Morgan fingerprint density at radius 2 is 1.60 bits per heavy atom. The third-order valence-corrected chi connectivity index (χ3v) is 8.48. The number of ether oxygens (including phenoxy) is 1. The van der Waals surface area contributed by atoms with E-state index in [1.54, 1.807) is 23.1 Å². The Labute approximate surface area is 300 Å². The summed E-state index contributed by atoms with van der Waals surface area (Å²) in [6.45, 7) is 0.481. The minimum Gasteiger partial charge on any atom is -0.354 e. The second-order valence-electron chi connectivity index (χ2n) is 11.8. The topological polar surface area (TPSA) is 90.2 Å². The highest BCUT2D eigenvalue weighted by Crippen LogP contribution is 2.59. The van der Waals surface area contributed by atoms with Gasteiger partial charge in [-0.25, -0.2) is 18.4 Å². The number of hydrogen-bond donors (Lipinski definition) is 1. The molecule has 1 amide bonds. The molecule has 3 heterocycles. The smallest absolute Gasteiger partial charge is 0.354 e. The lowest BCUT2D eigenvalue weighted by Crippen LogP contribution is -2.19. The first kappa shape index (κ1) is 37.2. The molecule has 1 N–H and O–H groups in total. The maximum absolute atomic E-state index is 13.8. The van der Waals surface area contributed by atoms with Gasteiger partial charge in [0.1, 0.15) is 36.0 Å². The summed E-state index contributed by atoms with van der Waals surface area (Å²) in [6, 6.07) is 21.2. The van der Waals surface area contributed by atoms with Crippen molar-refractivity contribution in [1.82, 2.24) is 24.5 Å². The zero-order valence-corrected chi connectivity index (χ0v) is 27.9. The van der Waals surface area contributed by atoms with Crippen molar-refractivity contribution in [3.05, 3.63) is 154 Å². The summed E-state index contributed by atoms with van der Waals surface area (Å²) in [5.74, 6) is -2.61. The number of hydrogen-bond acceptors (Lipinski definition) is 5. The van der Waals surface area contributed by atoms with Crippen LogP contribution in [0.25, 0.3) is 11.1 Å². The molecule has 274 valence electrons. The number of rotatable bonds is 7. The summed E-state index contributed by atoms with van der Waals surface area (Å²) in [4.78, 5) is 16.4.